The normalized spacial score (nSPS) is 24.5. The SMILES string of the molecule is O=C(Nc1cc(-n2cnnn2)ccc1F)N1C[C@@H]2CCC[C@@]2(C(=O)O)C1. The predicted molar refractivity (Wildman–Crippen MR) is 87.1 cm³/mol. The van der Waals surface area contributed by atoms with Gasteiger partial charge in [-0.25, -0.2) is 13.9 Å². The molecule has 1 saturated heterocycles. The van der Waals surface area contributed by atoms with Crippen molar-refractivity contribution in [2.24, 2.45) is 11.3 Å². The Hall–Kier alpha value is -3.04. The number of carboxylic acids is 1. The van der Waals surface area contributed by atoms with E-state index in [1.54, 1.807) is 0 Å². The summed E-state index contributed by atoms with van der Waals surface area (Å²) in [6, 6.07) is 3.62. The van der Waals surface area contributed by atoms with E-state index in [-0.39, 0.29) is 18.2 Å². The second kappa shape index (κ2) is 6.04. The second-order valence-corrected chi connectivity index (χ2v) is 6.78. The fraction of sp³-hybridized carbons (Fsp3) is 0.438. The van der Waals surface area contributed by atoms with E-state index in [1.807, 2.05) is 0 Å². The third-order valence-corrected chi connectivity index (χ3v) is 5.39. The predicted octanol–water partition coefficient (Wildman–Crippen LogP) is 1.52. The first-order chi connectivity index (χ1) is 12.5. The summed E-state index contributed by atoms with van der Waals surface area (Å²) in [6.45, 7) is 0.513. The van der Waals surface area contributed by atoms with Crippen LogP contribution in [0.3, 0.4) is 0 Å². The number of carbonyl (C=O) groups is 2. The average Bonchev–Trinajstić information content (AvgIpc) is 3.32. The Morgan fingerprint density at radius 3 is 2.92 bits per heavy atom. The molecule has 2 aromatic rings. The maximum Gasteiger partial charge on any atom is 0.321 e. The number of rotatable bonds is 3. The number of urea groups is 1. The molecule has 2 fully saturated rings. The van der Waals surface area contributed by atoms with Gasteiger partial charge < -0.3 is 15.3 Å². The first kappa shape index (κ1) is 16.4. The number of hydrogen-bond donors (Lipinski definition) is 2. The standard InChI is InChI=1S/C16H17FN6O3/c17-12-4-3-11(23-9-18-20-21-23)6-13(12)19-15(26)22-7-10-2-1-5-16(10,8-22)14(24)25/h3-4,6,9-10H,1-2,5,7-8H2,(H,19,26)(H,24,25)/t10-,16+/m0/s1. The van der Waals surface area contributed by atoms with Gasteiger partial charge in [0.2, 0.25) is 0 Å². The molecule has 0 radical (unpaired) electrons. The molecule has 2 amide bonds. The largest absolute Gasteiger partial charge is 0.481 e. The van der Waals surface area contributed by atoms with Crippen LogP contribution in [0.2, 0.25) is 0 Å². The Balaban J connectivity index is 1.52. The number of tetrazole rings is 1. The highest BCUT2D eigenvalue weighted by molar-refractivity contribution is 5.91. The minimum atomic E-state index is -0.871. The molecule has 4 rings (SSSR count). The molecule has 2 N–H and O–H groups in total. The third kappa shape index (κ3) is 2.57. The highest BCUT2D eigenvalue weighted by atomic mass is 19.1. The first-order valence-electron chi connectivity index (χ1n) is 8.32. The van der Waals surface area contributed by atoms with E-state index in [0.717, 1.165) is 12.8 Å². The van der Waals surface area contributed by atoms with Gasteiger partial charge in [-0.2, -0.15) is 0 Å². The van der Waals surface area contributed by atoms with Gasteiger partial charge in [0, 0.05) is 13.1 Å². The molecule has 1 aromatic heterocycles. The number of hydrogen-bond acceptors (Lipinski definition) is 5. The summed E-state index contributed by atoms with van der Waals surface area (Å²) in [5, 5.41) is 22.9. The molecular formula is C16H17FN6O3. The van der Waals surface area contributed by atoms with Crippen molar-refractivity contribution >= 4 is 17.7 Å². The Kier molecular flexibility index (Phi) is 3.82. The minimum absolute atomic E-state index is 0.00978. The molecule has 136 valence electrons. The van der Waals surface area contributed by atoms with Crippen LogP contribution in [0.5, 0.6) is 0 Å². The van der Waals surface area contributed by atoms with Crippen molar-refractivity contribution in [2.45, 2.75) is 19.3 Å². The number of nitrogens with one attached hydrogen (secondary N) is 1. The summed E-state index contributed by atoms with van der Waals surface area (Å²) in [7, 11) is 0. The summed E-state index contributed by atoms with van der Waals surface area (Å²) in [6.07, 6.45) is 3.57. The quantitative estimate of drug-likeness (QED) is 0.858. The van der Waals surface area contributed by atoms with Gasteiger partial charge in [0.15, 0.2) is 0 Å². The number of benzene rings is 1. The average molecular weight is 360 g/mol. The van der Waals surface area contributed by atoms with Gasteiger partial charge in [0.05, 0.1) is 16.8 Å². The van der Waals surface area contributed by atoms with E-state index in [9.17, 15) is 19.1 Å². The molecular weight excluding hydrogens is 343 g/mol. The van der Waals surface area contributed by atoms with Crippen molar-refractivity contribution in [1.82, 2.24) is 25.1 Å². The summed E-state index contributed by atoms with van der Waals surface area (Å²) in [4.78, 5) is 25.7. The van der Waals surface area contributed by atoms with E-state index in [0.29, 0.717) is 18.7 Å². The highest BCUT2D eigenvalue weighted by Gasteiger charge is 2.55. The van der Waals surface area contributed by atoms with Crippen LogP contribution in [0.15, 0.2) is 24.5 Å². The van der Waals surface area contributed by atoms with E-state index in [2.05, 4.69) is 20.8 Å². The van der Waals surface area contributed by atoms with Crippen LogP contribution in [0.1, 0.15) is 19.3 Å². The van der Waals surface area contributed by atoms with E-state index in [4.69, 9.17) is 0 Å². The maximum absolute atomic E-state index is 14.1. The summed E-state index contributed by atoms with van der Waals surface area (Å²) < 4.78 is 15.4. The second-order valence-electron chi connectivity index (χ2n) is 6.78. The number of carboxylic acid groups (broad SMARTS) is 1. The molecule has 26 heavy (non-hydrogen) atoms. The topological polar surface area (TPSA) is 113 Å². The molecule has 1 aliphatic heterocycles. The minimum Gasteiger partial charge on any atom is -0.481 e. The Morgan fingerprint density at radius 2 is 2.23 bits per heavy atom. The number of amides is 2. The van der Waals surface area contributed by atoms with Gasteiger partial charge in [-0.15, -0.1) is 5.10 Å². The van der Waals surface area contributed by atoms with Crippen LogP contribution in [0.4, 0.5) is 14.9 Å². The van der Waals surface area contributed by atoms with Crippen molar-refractivity contribution in [3.63, 3.8) is 0 Å². The van der Waals surface area contributed by atoms with Gasteiger partial charge in [-0.3, -0.25) is 4.79 Å². The fourth-order valence-corrected chi connectivity index (χ4v) is 4.02. The van der Waals surface area contributed by atoms with Crippen LogP contribution >= 0.6 is 0 Å². The first-order valence-corrected chi connectivity index (χ1v) is 8.32. The van der Waals surface area contributed by atoms with Crippen LogP contribution in [0.25, 0.3) is 5.69 Å². The van der Waals surface area contributed by atoms with E-state index < -0.39 is 23.2 Å². The zero-order valence-corrected chi connectivity index (χ0v) is 13.8. The lowest BCUT2D eigenvalue weighted by molar-refractivity contribution is -0.149. The fourth-order valence-electron chi connectivity index (χ4n) is 4.02. The third-order valence-electron chi connectivity index (χ3n) is 5.39. The summed E-state index contributed by atoms with van der Waals surface area (Å²) in [5.74, 6) is -1.51. The van der Waals surface area contributed by atoms with Crippen molar-refractivity contribution in [3.8, 4) is 5.69 Å². The molecule has 0 unspecified atom stereocenters. The lowest BCUT2D eigenvalue weighted by Crippen LogP contribution is -2.38. The molecule has 1 aromatic carbocycles. The van der Waals surface area contributed by atoms with E-state index >= 15 is 0 Å². The molecule has 2 aliphatic rings. The lowest BCUT2D eigenvalue weighted by Gasteiger charge is -2.23. The zero-order valence-electron chi connectivity index (χ0n) is 13.8. The number of anilines is 1. The number of halogens is 1. The Labute approximate surface area is 147 Å². The van der Waals surface area contributed by atoms with Gasteiger partial charge in [0.25, 0.3) is 0 Å². The number of aliphatic carboxylic acids is 1. The molecule has 9 nitrogen and oxygen atoms in total. The molecule has 2 heterocycles. The highest BCUT2D eigenvalue weighted by Crippen LogP contribution is 2.48. The number of nitrogens with zero attached hydrogens (tertiary/aromatic N) is 5. The number of carbonyl (C=O) groups excluding carboxylic acids is 1. The Bertz CT molecular complexity index is 858. The molecule has 10 heteroatoms. The molecule has 2 atom stereocenters. The van der Waals surface area contributed by atoms with Crippen molar-refractivity contribution in [1.29, 1.82) is 0 Å². The summed E-state index contributed by atoms with van der Waals surface area (Å²) in [5.41, 5.74) is -0.388. The van der Waals surface area contributed by atoms with Gasteiger partial charge in [-0.1, -0.05) is 6.42 Å². The number of aromatic nitrogens is 4. The van der Waals surface area contributed by atoms with Crippen LogP contribution in [-0.2, 0) is 4.79 Å². The molecule has 1 aliphatic carbocycles. The molecule has 0 spiro atoms. The van der Waals surface area contributed by atoms with Crippen molar-refractivity contribution < 1.29 is 19.1 Å². The smallest absolute Gasteiger partial charge is 0.321 e. The Morgan fingerprint density at radius 1 is 1.38 bits per heavy atom. The van der Waals surface area contributed by atoms with Gasteiger partial charge in [-0.05, 0) is 47.4 Å². The van der Waals surface area contributed by atoms with Crippen molar-refractivity contribution in [3.05, 3.63) is 30.3 Å². The van der Waals surface area contributed by atoms with Crippen LogP contribution < -0.4 is 5.32 Å². The number of likely N-dealkylation sites (tertiary alicyclic amines) is 1. The van der Waals surface area contributed by atoms with Gasteiger partial charge >= 0.3 is 12.0 Å². The zero-order chi connectivity index (χ0) is 18.3. The summed E-state index contributed by atoms with van der Waals surface area (Å²) >= 11 is 0. The molecule has 0 bridgehead atoms. The van der Waals surface area contributed by atoms with Gasteiger partial charge in [0.1, 0.15) is 12.1 Å². The maximum atomic E-state index is 14.1. The molecule has 1 saturated carbocycles. The number of fused-ring (bicyclic) bond motifs is 1. The van der Waals surface area contributed by atoms with Crippen LogP contribution in [0, 0.1) is 17.2 Å². The van der Waals surface area contributed by atoms with Crippen LogP contribution in [-0.4, -0.2) is 55.3 Å². The van der Waals surface area contributed by atoms with Crippen molar-refractivity contribution in [2.75, 3.05) is 18.4 Å². The van der Waals surface area contributed by atoms with E-state index in [1.165, 1.54) is 34.1 Å². The lowest BCUT2D eigenvalue weighted by atomic mass is 9.81. The monoisotopic (exact) mass is 360 g/mol.